The Labute approximate surface area is 103 Å². The summed E-state index contributed by atoms with van der Waals surface area (Å²) in [7, 11) is 0. The first-order valence-electron chi connectivity index (χ1n) is 6.23. The first kappa shape index (κ1) is 14.0. The highest BCUT2D eigenvalue weighted by Gasteiger charge is 2.08. The second-order valence-corrected chi connectivity index (χ2v) is 4.51. The minimum atomic E-state index is -0.249. The van der Waals surface area contributed by atoms with E-state index < -0.39 is 0 Å². The molecule has 1 N–H and O–H groups in total. The molecule has 1 aromatic rings. The highest BCUT2D eigenvalue weighted by atomic mass is 19.1. The van der Waals surface area contributed by atoms with Crippen molar-refractivity contribution < 1.29 is 9.13 Å². The van der Waals surface area contributed by atoms with Gasteiger partial charge in [0.15, 0.2) is 11.6 Å². The van der Waals surface area contributed by atoms with Gasteiger partial charge in [-0.2, -0.15) is 0 Å². The summed E-state index contributed by atoms with van der Waals surface area (Å²) in [5, 5.41) is 3.32. The smallest absolute Gasteiger partial charge is 0.167 e. The number of rotatable bonds is 7. The van der Waals surface area contributed by atoms with E-state index in [0.29, 0.717) is 23.8 Å². The zero-order valence-corrected chi connectivity index (χ0v) is 10.9. The molecule has 0 radical (unpaired) electrons. The van der Waals surface area contributed by atoms with Gasteiger partial charge in [-0.1, -0.05) is 26.0 Å². The summed E-state index contributed by atoms with van der Waals surface area (Å²) in [4.78, 5) is 0. The lowest BCUT2D eigenvalue weighted by Crippen LogP contribution is -2.25. The van der Waals surface area contributed by atoms with Crippen LogP contribution in [0.25, 0.3) is 0 Å². The maximum absolute atomic E-state index is 13.6. The lowest BCUT2D eigenvalue weighted by atomic mass is 10.2. The second-order valence-electron chi connectivity index (χ2n) is 4.51. The Morgan fingerprint density at radius 2 is 2.18 bits per heavy atom. The molecule has 17 heavy (non-hydrogen) atoms. The molecule has 96 valence electrons. The van der Waals surface area contributed by atoms with Gasteiger partial charge in [-0.25, -0.2) is 4.39 Å². The summed E-state index contributed by atoms with van der Waals surface area (Å²) < 4.78 is 19.1. The summed E-state index contributed by atoms with van der Waals surface area (Å²) in [6.45, 7) is 8.43. The molecule has 0 heterocycles. The minimum Gasteiger partial charge on any atom is -0.490 e. The van der Waals surface area contributed by atoms with Gasteiger partial charge in [0, 0.05) is 12.5 Å². The van der Waals surface area contributed by atoms with Gasteiger partial charge in [-0.15, -0.1) is 0 Å². The van der Waals surface area contributed by atoms with E-state index in [9.17, 15) is 4.39 Å². The average Bonchev–Trinajstić information content (AvgIpc) is 2.31. The molecule has 0 aliphatic carbocycles. The van der Waals surface area contributed by atoms with Gasteiger partial charge >= 0.3 is 0 Å². The maximum Gasteiger partial charge on any atom is 0.167 e. The fourth-order valence-electron chi connectivity index (χ4n) is 1.55. The lowest BCUT2D eigenvalue weighted by molar-refractivity contribution is 0.245. The Morgan fingerprint density at radius 3 is 2.88 bits per heavy atom. The van der Waals surface area contributed by atoms with Gasteiger partial charge in [0.05, 0.1) is 6.61 Å². The van der Waals surface area contributed by atoms with Crippen LogP contribution in [0.1, 0.15) is 25.8 Å². The van der Waals surface area contributed by atoms with E-state index in [1.54, 1.807) is 19.1 Å². The number of benzene rings is 1. The van der Waals surface area contributed by atoms with Crippen LogP contribution in [-0.4, -0.2) is 19.7 Å². The maximum atomic E-state index is 13.6. The lowest BCUT2D eigenvalue weighted by Gasteiger charge is -2.14. The predicted molar refractivity (Wildman–Crippen MR) is 69.0 cm³/mol. The van der Waals surface area contributed by atoms with Gasteiger partial charge < -0.3 is 10.1 Å². The molecule has 0 aliphatic rings. The summed E-state index contributed by atoms with van der Waals surface area (Å²) >= 11 is 0. The molecule has 0 spiro atoms. The van der Waals surface area contributed by atoms with E-state index in [4.69, 9.17) is 4.74 Å². The summed E-state index contributed by atoms with van der Waals surface area (Å²) in [5.74, 6) is 0.482. The van der Waals surface area contributed by atoms with E-state index in [2.05, 4.69) is 19.2 Å². The number of halogens is 1. The van der Waals surface area contributed by atoms with Crippen molar-refractivity contribution in [3.63, 3.8) is 0 Å². The monoisotopic (exact) mass is 239 g/mol. The van der Waals surface area contributed by atoms with Crippen LogP contribution in [0.2, 0.25) is 0 Å². The molecular formula is C14H22FNO. The zero-order chi connectivity index (χ0) is 12.7. The van der Waals surface area contributed by atoms with E-state index >= 15 is 0 Å². The third kappa shape index (κ3) is 4.73. The third-order valence-corrected chi connectivity index (χ3v) is 2.60. The van der Waals surface area contributed by atoms with Crippen molar-refractivity contribution in [3.05, 3.63) is 29.6 Å². The molecule has 3 heteroatoms. The molecule has 0 bridgehead atoms. The minimum absolute atomic E-state index is 0.249. The Bertz CT molecular complexity index is 341. The number of ether oxygens (including phenoxy) is 1. The number of hydrogen-bond acceptors (Lipinski definition) is 2. The molecule has 0 aromatic heterocycles. The second kappa shape index (κ2) is 7.28. The van der Waals surface area contributed by atoms with Crippen molar-refractivity contribution in [3.8, 4) is 5.75 Å². The van der Waals surface area contributed by atoms with E-state index in [-0.39, 0.29) is 5.82 Å². The van der Waals surface area contributed by atoms with Crippen LogP contribution in [0.3, 0.4) is 0 Å². The molecular weight excluding hydrogens is 217 g/mol. The normalized spacial score (nSPS) is 12.5. The van der Waals surface area contributed by atoms with Crippen LogP contribution in [0.5, 0.6) is 5.75 Å². The van der Waals surface area contributed by atoms with Gasteiger partial charge in [-0.05, 0) is 31.5 Å². The topological polar surface area (TPSA) is 21.3 Å². The number of nitrogens with one attached hydrogen (secondary N) is 1. The Hall–Kier alpha value is -1.09. The van der Waals surface area contributed by atoms with Crippen molar-refractivity contribution in [2.75, 3.05) is 19.7 Å². The van der Waals surface area contributed by atoms with Crippen molar-refractivity contribution >= 4 is 0 Å². The first-order chi connectivity index (χ1) is 8.15. The van der Waals surface area contributed by atoms with Crippen LogP contribution in [0.15, 0.2) is 18.2 Å². The zero-order valence-electron chi connectivity index (χ0n) is 10.9. The quantitative estimate of drug-likeness (QED) is 0.738. The molecule has 0 fully saturated rings. The number of hydrogen-bond donors (Lipinski definition) is 1. The third-order valence-electron chi connectivity index (χ3n) is 2.60. The molecule has 2 nitrogen and oxygen atoms in total. The Balaban J connectivity index is 2.37. The fraction of sp³-hybridized carbons (Fsp3) is 0.571. The van der Waals surface area contributed by atoms with Crippen LogP contribution in [0.4, 0.5) is 4.39 Å². The molecule has 1 unspecified atom stereocenters. The van der Waals surface area contributed by atoms with Gasteiger partial charge in [-0.3, -0.25) is 0 Å². The molecule has 0 saturated heterocycles. The largest absolute Gasteiger partial charge is 0.490 e. The van der Waals surface area contributed by atoms with Gasteiger partial charge in [0.2, 0.25) is 0 Å². The highest BCUT2D eigenvalue weighted by Crippen LogP contribution is 2.20. The molecule has 0 aliphatic heterocycles. The fourth-order valence-corrected chi connectivity index (χ4v) is 1.55. The van der Waals surface area contributed by atoms with Crippen molar-refractivity contribution in [2.24, 2.45) is 5.92 Å². The van der Waals surface area contributed by atoms with E-state index in [1.165, 1.54) is 0 Å². The summed E-state index contributed by atoms with van der Waals surface area (Å²) in [6, 6.07) is 5.23. The summed E-state index contributed by atoms with van der Waals surface area (Å²) in [5.41, 5.74) is 0.624. The van der Waals surface area contributed by atoms with Gasteiger partial charge in [0.25, 0.3) is 0 Å². The van der Waals surface area contributed by atoms with E-state index in [0.717, 1.165) is 19.5 Å². The molecule has 0 amide bonds. The standard InChI is InChI=1S/C14H22FNO/c1-4-8-16-9-11(2)10-17-13-7-5-6-12(3)14(13)15/h5-7,11,16H,4,8-10H2,1-3H3. The molecule has 0 saturated carbocycles. The number of aryl methyl sites for hydroxylation is 1. The van der Waals surface area contributed by atoms with Gasteiger partial charge in [0.1, 0.15) is 0 Å². The molecule has 1 aromatic carbocycles. The van der Waals surface area contributed by atoms with Crippen LogP contribution in [-0.2, 0) is 0 Å². The Kier molecular flexibility index (Phi) is 5.98. The van der Waals surface area contributed by atoms with Crippen molar-refractivity contribution in [2.45, 2.75) is 27.2 Å². The van der Waals surface area contributed by atoms with Crippen LogP contribution < -0.4 is 10.1 Å². The summed E-state index contributed by atoms with van der Waals surface area (Å²) in [6.07, 6.45) is 1.13. The first-order valence-corrected chi connectivity index (χ1v) is 6.23. The Morgan fingerprint density at radius 1 is 1.41 bits per heavy atom. The van der Waals surface area contributed by atoms with Crippen LogP contribution in [0, 0.1) is 18.7 Å². The van der Waals surface area contributed by atoms with Crippen molar-refractivity contribution in [1.29, 1.82) is 0 Å². The molecule has 1 atom stereocenters. The van der Waals surface area contributed by atoms with E-state index in [1.807, 2.05) is 6.07 Å². The highest BCUT2D eigenvalue weighted by molar-refractivity contribution is 5.30. The predicted octanol–water partition coefficient (Wildman–Crippen LogP) is 3.15. The molecule has 1 rings (SSSR count). The van der Waals surface area contributed by atoms with Crippen LogP contribution >= 0.6 is 0 Å². The SMILES string of the molecule is CCCNCC(C)COc1cccc(C)c1F. The average molecular weight is 239 g/mol. The van der Waals surface area contributed by atoms with Crippen molar-refractivity contribution in [1.82, 2.24) is 5.32 Å².